The van der Waals surface area contributed by atoms with E-state index in [-0.39, 0.29) is 11.9 Å². The second-order valence-corrected chi connectivity index (χ2v) is 8.37. The monoisotopic (exact) mass is 420 g/mol. The number of hydrogen-bond donors (Lipinski definition) is 2. The van der Waals surface area contributed by atoms with Crippen molar-refractivity contribution in [3.05, 3.63) is 29.6 Å². The van der Waals surface area contributed by atoms with Gasteiger partial charge in [0.05, 0.1) is 5.69 Å². The average molecular weight is 421 g/mol. The van der Waals surface area contributed by atoms with Gasteiger partial charge < -0.3 is 25.0 Å². The van der Waals surface area contributed by atoms with Crippen molar-refractivity contribution in [2.75, 3.05) is 58.0 Å². The third-order valence-corrected chi connectivity index (χ3v) is 5.88. The summed E-state index contributed by atoms with van der Waals surface area (Å²) in [5.74, 6) is 1.30. The topological polar surface area (TPSA) is 58.1 Å². The quantitative estimate of drug-likeness (QED) is 0.385. The third kappa shape index (κ3) is 7.13. The van der Waals surface area contributed by atoms with Gasteiger partial charge in [0, 0.05) is 59.2 Å². The van der Waals surface area contributed by atoms with Gasteiger partial charge in [0.2, 0.25) is 0 Å². The molecule has 1 unspecified atom stereocenters. The highest BCUT2D eigenvalue weighted by atomic mass is 19.1. The second-order valence-electron chi connectivity index (χ2n) is 8.37. The zero-order chi connectivity index (χ0) is 21.2. The van der Waals surface area contributed by atoms with E-state index in [0.29, 0.717) is 11.6 Å². The Bertz CT molecular complexity index is 679. The zero-order valence-corrected chi connectivity index (χ0v) is 18.5. The van der Waals surface area contributed by atoms with Crippen molar-refractivity contribution in [1.29, 1.82) is 0 Å². The fourth-order valence-electron chi connectivity index (χ4n) is 4.11. The van der Waals surface area contributed by atoms with Gasteiger partial charge in [0.25, 0.3) is 0 Å². The maximum atomic E-state index is 14.3. The van der Waals surface area contributed by atoms with Crippen molar-refractivity contribution >= 4 is 11.6 Å². The van der Waals surface area contributed by atoms with Crippen LogP contribution in [0.1, 0.15) is 37.7 Å². The highest BCUT2D eigenvalue weighted by Crippen LogP contribution is 2.24. The Morgan fingerprint density at radius 3 is 2.93 bits per heavy atom. The minimum atomic E-state index is -0.149. The number of ether oxygens (including phenoxy) is 2. The lowest BCUT2D eigenvalue weighted by Gasteiger charge is -2.35. The number of piperidine rings is 1. The Morgan fingerprint density at radius 1 is 1.30 bits per heavy atom. The molecule has 7 heteroatoms. The summed E-state index contributed by atoms with van der Waals surface area (Å²) in [7, 11) is 1.79. The molecule has 1 aromatic rings. The zero-order valence-electron chi connectivity index (χ0n) is 18.5. The fraction of sp³-hybridized carbons (Fsp3) is 0.696. The van der Waals surface area contributed by atoms with Crippen molar-refractivity contribution in [3.63, 3.8) is 0 Å². The van der Waals surface area contributed by atoms with E-state index in [0.717, 1.165) is 89.7 Å². The molecular weight excluding hydrogens is 383 g/mol. The number of hydrogen-bond acceptors (Lipinski definition) is 4. The normalized spacial score (nSPS) is 21.0. The number of aliphatic imine (C=N–C) groups is 1. The van der Waals surface area contributed by atoms with Crippen molar-refractivity contribution in [1.82, 2.24) is 10.6 Å². The molecule has 2 fully saturated rings. The van der Waals surface area contributed by atoms with Crippen LogP contribution in [0.15, 0.2) is 23.2 Å². The lowest BCUT2D eigenvalue weighted by Crippen LogP contribution is -2.51. The molecule has 0 bridgehead atoms. The van der Waals surface area contributed by atoms with Gasteiger partial charge >= 0.3 is 0 Å². The summed E-state index contributed by atoms with van der Waals surface area (Å²) in [6, 6.07) is 5.56. The van der Waals surface area contributed by atoms with Crippen LogP contribution in [-0.2, 0) is 9.47 Å². The van der Waals surface area contributed by atoms with Crippen LogP contribution in [-0.4, -0.2) is 65.1 Å². The molecule has 0 aliphatic carbocycles. The molecule has 2 aliphatic heterocycles. The standard InChI is InChI=1S/C23H37FN4O2/c1-18-6-7-21(24)22(15-18)28-11-3-5-20(16-28)27-23(25-2)26-10-4-12-30-17-19-8-13-29-14-9-19/h6-7,15,19-20H,3-5,8-14,16-17H2,1-2H3,(H2,25,26,27). The first-order chi connectivity index (χ1) is 14.7. The van der Waals surface area contributed by atoms with Crippen LogP contribution >= 0.6 is 0 Å². The van der Waals surface area contributed by atoms with Crippen LogP contribution in [0.4, 0.5) is 10.1 Å². The van der Waals surface area contributed by atoms with Crippen molar-refractivity contribution in [2.24, 2.45) is 10.9 Å². The van der Waals surface area contributed by atoms with E-state index < -0.39 is 0 Å². The Kier molecular flexibility index (Phi) is 9.21. The molecule has 2 heterocycles. The predicted molar refractivity (Wildman–Crippen MR) is 120 cm³/mol. The van der Waals surface area contributed by atoms with Gasteiger partial charge in [0.1, 0.15) is 5.82 Å². The first-order valence-electron chi connectivity index (χ1n) is 11.3. The summed E-state index contributed by atoms with van der Waals surface area (Å²) >= 11 is 0. The second kappa shape index (κ2) is 12.1. The smallest absolute Gasteiger partial charge is 0.191 e. The van der Waals surface area contributed by atoms with Gasteiger partial charge in [0.15, 0.2) is 5.96 Å². The van der Waals surface area contributed by atoms with Gasteiger partial charge in [-0.25, -0.2) is 4.39 Å². The minimum Gasteiger partial charge on any atom is -0.381 e. The number of benzene rings is 1. The predicted octanol–water partition coefficient (Wildman–Crippen LogP) is 3.10. The first kappa shape index (κ1) is 22.8. The summed E-state index contributed by atoms with van der Waals surface area (Å²) in [5, 5.41) is 6.88. The fourth-order valence-corrected chi connectivity index (χ4v) is 4.11. The molecule has 0 radical (unpaired) electrons. The molecule has 168 valence electrons. The van der Waals surface area contributed by atoms with Crippen molar-refractivity contribution < 1.29 is 13.9 Å². The van der Waals surface area contributed by atoms with E-state index in [9.17, 15) is 4.39 Å². The molecule has 0 aromatic heterocycles. The summed E-state index contributed by atoms with van der Waals surface area (Å²) in [6.45, 7) is 7.80. The van der Waals surface area contributed by atoms with Gasteiger partial charge in [-0.15, -0.1) is 0 Å². The van der Waals surface area contributed by atoms with Crippen LogP contribution in [0.25, 0.3) is 0 Å². The summed E-state index contributed by atoms with van der Waals surface area (Å²) in [5.41, 5.74) is 1.78. The molecule has 2 aliphatic rings. The molecular formula is C23H37FN4O2. The third-order valence-electron chi connectivity index (χ3n) is 5.88. The molecule has 2 saturated heterocycles. The van der Waals surface area contributed by atoms with Gasteiger partial charge in [-0.05, 0) is 62.6 Å². The minimum absolute atomic E-state index is 0.149. The Balaban J connectivity index is 1.36. The van der Waals surface area contributed by atoms with Crippen LogP contribution < -0.4 is 15.5 Å². The number of rotatable bonds is 8. The van der Waals surface area contributed by atoms with E-state index >= 15 is 0 Å². The largest absolute Gasteiger partial charge is 0.381 e. The maximum absolute atomic E-state index is 14.3. The number of anilines is 1. The van der Waals surface area contributed by atoms with E-state index in [1.807, 2.05) is 19.1 Å². The lowest BCUT2D eigenvalue weighted by molar-refractivity contribution is 0.0203. The number of nitrogens with one attached hydrogen (secondary N) is 2. The molecule has 2 N–H and O–H groups in total. The van der Waals surface area contributed by atoms with Crippen LogP contribution in [0, 0.1) is 18.7 Å². The van der Waals surface area contributed by atoms with E-state index in [1.54, 1.807) is 13.1 Å². The van der Waals surface area contributed by atoms with E-state index in [1.165, 1.54) is 0 Å². The van der Waals surface area contributed by atoms with Crippen molar-refractivity contribution in [3.8, 4) is 0 Å². The molecule has 3 rings (SSSR count). The average Bonchev–Trinajstić information content (AvgIpc) is 2.77. The van der Waals surface area contributed by atoms with Crippen molar-refractivity contribution in [2.45, 2.75) is 45.1 Å². The highest BCUT2D eigenvalue weighted by Gasteiger charge is 2.23. The van der Waals surface area contributed by atoms with Gasteiger partial charge in [-0.2, -0.15) is 0 Å². The molecule has 6 nitrogen and oxygen atoms in total. The van der Waals surface area contributed by atoms with Crippen LogP contribution in [0.5, 0.6) is 0 Å². The maximum Gasteiger partial charge on any atom is 0.191 e. The number of halogens is 1. The van der Waals surface area contributed by atoms with E-state index in [2.05, 4.69) is 20.5 Å². The summed E-state index contributed by atoms with van der Waals surface area (Å²) < 4.78 is 25.5. The molecule has 1 aromatic carbocycles. The number of aryl methyl sites for hydroxylation is 1. The van der Waals surface area contributed by atoms with Crippen LogP contribution in [0.2, 0.25) is 0 Å². The molecule has 30 heavy (non-hydrogen) atoms. The summed E-state index contributed by atoms with van der Waals surface area (Å²) in [6.07, 6.45) is 5.25. The van der Waals surface area contributed by atoms with E-state index in [4.69, 9.17) is 9.47 Å². The number of nitrogens with zero attached hydrogens (tertiary/aromatic N) is 2. The lowest BCUT2D eigenvalue weighted by atomic mass is 10.0. The molecule has 1 atom stereocenters. The Hall–Kier alpha value is -1.86. The molecule has 0 spiro atoms. The number of guanidine groups is 1. The summed E-state index contributed by atoms with van der Waals surface area (Å²) in [4.78, 5) is 6.49. The molecule has 0 saturated carbocycles. The SMILES string of the molecule is CN=C(NCCCOCC1CCOCC1)NC1CCCN(c2cc(C)ccc2F)C1. The van der Waals surface area contributed by atoms with Gasteiger partial charge in [-0.3, -0.25) is 4.99 Å². The molecule has 0 amide bonds. The van der Waals surface area contributed by atoms with Crippen LogP contribution in [0.3, 0.4) is 0 Å². The Labute approximate surface area is 180 Å². The first-order valence-corrected chi connectivity index (χ1v) is 11.3. The van der Waals surface area contributed by atoms with Gasteiger partial charge in [-0.1, -0.05) is 6.07 Å². The Morgan fingerprint density at radius 2 is 2.13 bits per heavy atom. The highest BCUT2D eigenvalue weighted by molar-refractivity contribution is 5.80.